The highest BCUT2D eigenvalue weighted by Gasteiger charge is 2.33. The summed E-state index contributed by atoms with van der Waals surface area (Å²) >= 11 is 0. The number of carbonyl (C=O) groups is 2. The van der Waals surface area contributed by atoms with Gasteiger partial charge in [0.25, 0.3) is 5.91 Å². The van der Waals surface area contributed by atoms with Crippen molar-refractivity contribution < 1.29 is 9.59 Å². The molecule has 0 spiro atoms. The molecule has 2 fully saturated rings. The van der Waals surface area contributed by atoms with Crippen molar-refractivity contribution in [3.8, 4) is 0 Å². The summed E-state index contributed by atoms with van der Waals surface area (Å²) < 4.78 is 0. The SMILES string of the molecule is O=C1N/C(=C\c2ccc(N3CCCCC3)cc2)C(=O)N1Cc1ccccc1. The Bertz CT molecular complexity index is 853. The van der Waals surface area contributed by atoms with Crippen LogP contribution >= 0.6 is 0 Å². The zero-order valence-electron chi connectivity index (χ0n) is 15.2. The van der Waals surface area contributed by atoms with Crippen molar-refractivity contribution in [2.24, 2.45) is 0 Å². The Morgan fingerprint density at radius 2 is 1.59 bits per heavy atom. The number of rotatable bonds is 4. The maximum absolute atomic E-state index is 12.6. The fourth-order valence-corrected chi connectivity index (χ4v) is 3.58. The van der Waals surface area contributed by atoms with E-state index in [9.17, 15) is 9.59 Å². The molecule has 2 aromatic rings. The first-order valence-corrected chi connectivity index (χ1v) is 9.44. The molecule has 2 aromatic carbocycles. The van der Waals surface area contributed by atoms with Crippen LogP contribution in [0.4, 0.5) is 10.5 Å². The zero-order chi connectivity index (χ0) is 18.6. The summed E-state index contributed by atoms with van der Waals surface area (Å²) in [6.07, 6.45) is 5.53. The van der Waals surface area contributed by atoms with Gasteiger partial charge in [0.05, 0.1) is 6.54 Å². The van der Waals surface area contributed by atoms with E-state index in [2.05, 4.69) is 22.3 Å². The second kappa shape index (κ2) is 7.66. The van der Waals surface area contributed by atoms with Gasteiger partial charge in [-0.25, -0.2) is 4.79 Å². The first kappa shape index (κ1) is 17.3. The van der Waals surface area contributed by atoms with Crippen LogP contribution < -0.4 is 10.2 Å². The third-order valence-corrected chi connectivity index (χ3v) is 5.07. The Balaban J connectivity index is 1.47. The van der Waals surface area contributed by atoms with E-state index < -0.39 is 0 Å². The molecule has 2 heterocycles. The van der Waals surface area contributed by atoms with Crippen LogP contribution in [0.2, 0.25) is 0 Å². The van der Waals surface area contributed by atoms with Crippen molar-refractivity contribution in [3.63, 3.8) is 0 Å². The summed E-state index contributed by atoms with van der Waals surface area (Å²) in [5.41, 5.74) is 3.36. The normalized spacial score (nSPS) is 18.9. The topological polar surface area (TPSA) is 52.7 Å². The van der Waals surface area contributed by atoms with Crippen LogP contribution in [-0.4, -0.2) is 29.9 Å². The number of imide groups is 1. The average Bonchev–Trinajstić information content (AvgIpc) is 2.97. The minimum absolute atomic E-state index is 0.275. The summed E-state index contributed by atoms with van der Waals surface area (Å²) in [7, 11) is 0. The average molecular weight is 361 g/mol. The van der Waals surface area contributed by atoms with E-state index in [1.54, 1.807) is 6.08 Å². The Morgan fingerprint density at radius 3 is 2.30 bits per heavy atom. The first-order valence-electron chi connectivity index (χ1n) is 9.44. The minimum Gasteiger partial charge on any atom is -0.372 e. The summed E-state index contributed by atoms with van der Waals surface area (Å²) in [5.74, 6) is -0.288. The van der Waals surface area contributed by atoms with Crippen LogP contribution in [0.5, 0.6) is 0 Å². The number of nitrogens with zero attached hydrogens (tertiary/aromatic N) is 2. The van der Waals surface area contributed by atoms with Crippen molar-refractivity contribution in [2.75, 3.05) is 18.0 Å². The number of hydrogen-bond donors (Lipinski definition) is 1. The van der Waals surface area contributed by atoms with Crippen LogP contribution in [-0.2, 0) is 11.3 Å². The Morgan fingerprint density at radius 1 is 0.889 bits per heavy atom. The van der Waals surface area contributed by atoms with Crippen molar-refractivity contribution in [3.05, 3.63) is 71.4 Å². The molecule has 0 aromatic heterocycles. The molecular weight excluding hydrogens is 338 g/mol. The highest BCUT2D eigenvalue weighted by molar-refractivity contribution is 6.13. The monoisotopic (exact) mass is 361 g/mol. The van der Waals surface area contributed by atoms with Crippen molar-refractivity contribution in [1.82, 2.24) is 10.2 Å². The van der Waals surface area contributed by atoms with Gasteiger partial charge in [0.15, 0.2) is 0 Å². The lowest BCUT2D eigenvalue weighted by Crippen LogP contribution is -2.30. The van der Waals surface area contributed by atoms with Gasteiger partial charge in [-0.1, -0.05) is 42.5 Å². The van der Waals surface area contributed by atoms with Gasteiger partial charge in [0.1, 0.15) is 5.70 Å². The lowest BCUT2D eigenvalue weighted by atomic mass is 10.1. The lowest BCUT2D eigenvalue weighted by Gasteiger charge is -2.28. The summed E-state index contributed by atoms with van der Waals surface area (Å²) in [6, 6.07) is 17.3. The highest BCUT2D eigenvalue weighted by Crippen LogP contribution is 2.22. The van der Waals surface area contributed by atoms with Gasteiger partial charge >= 0.3 is 6.03 Å². The number of amides is 3. The Kier molecular flexibility index (Phi) is 4.92. The third-order valence-electron chi connectivity index (χ3n) is 5.07. The van der Waals surface area contributed by atoms with E-state index in [1.165, 1.54) is 29.8 Å². The summed E-state index contributed by atoms with van der Waals surface area (Å²) in [4.78, 5) is 28.4. The highest BCUT2D eigenvalue weighted by atomic mass is 16.2. The number of carbonyl (C=O) groups excluding carboxylic acids is 2. The standard InChI is InChI=1S/C22H23N3O2/c26-21-20(23-22(27)25(21)16-18-7-3-1-4-8-18)15-17-9-11-19(12-10-17)24-13-5-2-6-14-24/h1,3-4,7-12,15H,2,5-6,13-14,16H2,(H,23,27)/b20-15-. The predicted octanol–water partition coefficient (Wildman–Crippen LogP) is 3.77. The largest absolute Gasteiger partial charge is 0.372 e. The smallest absolute Gasteiger partial charge is 0.329 e. The van der Waals surface area contributed by atoms with E-state index in [4.69, 9.17) is 0 Å². The molecule has 0 bridgehead atoms. The molecule has 3 amide bonds. The van der Waals surface area contributed by atoms with E-state index in [1.807, 2.05) is 42.5 Å². The van der Waals surface area contributed by atoms with Crippen molar-refractivity contribution in [1.29, 1.82) is 0 Å². The fraction of sp³-hybridized carbons (Fsp3) is 0.273. The molecule has 138 valence electrons. The maximum atomic E-state index is 12.6. The summed E-state index contributed by atoms with van der Waals surface area (Å²) in [5, 5.41) is 2.69. The molecule has 0 radical (unpaired) electrons. The van der Waals surface area contributed by atoms with Crippen molar-refractivity contribution in [2.45, 2.75) is 25.8 Å². The molecule has 5 nitrogen and oxygen atoms in total. The molecule has 27 heavy (non-hydrogen) atoms. The molecule has 2 saturated heterocycles. The lowest BCUT2D eigenvalue weighted by molar-refractivity contribution is -0.123. The third kappa shape index (κ3) is 3.87. The molecule has 5 heteroatoms. The van der Waals surface area contributed by atoms with Crippen molar-refractivity contribution >= 4 is 23.7 Å². The fourth-order valence-electron chi connectivity index (χ4n) is 3.58. The van der Waals surface area contributed by atoms with Crippen LogP contribution in [0.3, 0.4) is 0 Å². The number of piperidine rings is 1. The number of hydrogen-bond acceptors (Lipinski definition) is 3. The molecule has 2 aliphatic rings. The molecule has 0 saturated carbocycles. The van der Waals surface area contributed by atoms with Gasteiger partial charge in [0.2, 0.25) is 0 Å². The Labute approximate surface area is 159 Å². The Hall–Kier alpha value is -3.08. The van der Waals surface area contributed by atoms with Crippen LogP contribution in [0.1, 0.15) is 30.4 Å². The van der Waals surface area contributed by atoms with Gasteiger partial charge in [-0.3, -0.25) is 9.69 Å². The molecular formula is C22H23N3O2. The quantitative estimate of drug-likeness (QED) is 0.666. The van der Waals surface area contributed by atoms with Crippen LogP contribution in [0.25, 0.3) is 6.08 Å². The number of anilines is 1. The van der Waals surface area contributed by atoms with Gasteiger partial charge in [-0.15, -0.1) is 0 Å². The second-order valence-electron chi connectivity index (χ2n) is 7.00. The maximum Gasteiger partial charge on any atom is 0.329 e. The number of nitrogens with one attached hydrogen (secondary N) is 1. The minimum atomic E-state index is -0.375. The number of benzene rings is 2. The first-order chi connectivity index (χ1) is 13.2. The van der Waals surface area contributed by atoms with Gasteiger partial charge in [-0.05, 0) is 48.6 Å². The van der Waals surface area contributed by atoms with Crippen LogP contribution in [0, 0.1) is 0 Å². The van der Waals surface area contributed by atoms with Crippen LogP contribution in [0.15, 0.2) is 60.3 Å². The summed E-state index contributed by atoms with van der Waals surface area (Å²) in [6.45, 7) is 2.48. The van der Waals surface area contributed by atoms with E-state index >= 15 is 0 Å². The van der Waals surface area contributed by atoms with Gasteiger partial charge in [-0.2, -0.15) is 0 Å². The second-order valence-corrected chi connectivity index (χ2v) is 7.00. The van der Waals surface area contributed by atoms with Gasteiger partial charge in [0, 0.05) is 18.8 Å². The molecule has 4 rings (SSSR count). The van der Waals surface area contributed by atoms with E-state index in [0.717, 1.165) is 24.2 Å². The molecule has 2 aliphatic heterocycles. The van der Waals surface area contributed by atoms with E-state index in [0.29, 0.717) is 5.70 Å². The molecule has 0 atom stereocenters. The van der Waals surface area contributed by atoms with E-state index in [-0.39, 0.29) is 18.5 Å². The predicted molar refractivity (Wildman–Crippen MR) is 106 cm³/mol. The number of urea groups is 1. The zero-order valence-corrected chi connectivity index (χ0v) is 15.2. The van der Waals surface area contributed by atoms with Gasteiger partial charge < -0.3 is 10.2 Å². The molecule has 1 N–H and O–H groups in total. The molecule has 0 unspecified atom stereocenters. The molecule has 0 aliphatic carbocycles.